The minimum Gasteiger partial charge on any atom is -0.497 e. The minimum absolute atomic E-state index is 0.0791. The number of nitrogens with one attached hydrogen (secondary N) is 1. The first kappa shape index (κ1) is 17.2. The van der Waals surface area contributed by atoms with E-state index < -0.39 is 16.2 Å². The molecule has 0 aliphatic carbocycles. The van der Waals surface area contributed by atoms with Crippen LogP contribution in [-0.2, 0) is 0 Å². The summed E-state index contributed by atoms with van der Waals surface area (Å²) < 4.78 is 11.7. The second-order valence-electron chi connectivity index (χ2n) is 5.25. The van der Waals surface area contributed by atoms with Gasteiger partial charge in [-0.3, -0.25) is 19.3 Å². The van der Waals surface area contributed by atoms with E-state index in [-0.39, 0.29) is 19.0 Å². The third-order valence-electron chi connectivity index (χ3n) is 3.62. The SMILES string of the molecule is COc1ccc(OCCNc2nc3ccccn3c(=O)c2[N+](=O)[O-])cc1. The zero-order valence-electron chi connectivity index (χ0n) is 13.9. The topological polar surface area (TPSA) is 108 Å². The van der Waals surface area contributed by atoms with Crippen molar-refractivity contribution in [3.8, 4) is 11.5 Å². The maximum atomic E-state index is 12.3. The predicted molar refractivity (Wildman–Crippen MR) is 95.1 cm³/mol. The molecule has 0 amide bonds. The molecule has 9 nitrogen and oxygen atoms in total. The summed E-state index contributed by atoms with van der Waals surface area (Å²) in [5.74, 6) is 1.27. The molecule has 0 unspecified atom stereocenters. The van der Waals surface area contributed by atoms with Gasteiger partial charge >= 0.3 is 11.2 Å². The summed E-state index contributed by atoms with van der Waals surface area (Å²) >= 11 is 0. The first-order chi connectivity index (χ1) is 12.6. The van der Waals surface area contributed by atoms with E-state index in [0.717, 1.165) is 4.40 Å². The van der Waals surface area contributed by atoms with E-state index in [1.807, 2.05) is 0 Å². The highest BCUT2D eigenvalue weighted by molar-refractivity contribution is 5.59. The van der Waals surface area contributed by atoms with Gasteiger partial charge in [0.15, 0.2) is 0 Å². The maximum absolute atomic E-state index is 12.3. The van der Waals surface area contributed by atoms with Gasteiger partial charge in [-0.25, -0.2) is 4.98 Å². The highest BCUT2D eigenvalue weighted by atomic mass is 16.6. The Morgan fingerprint density at radius 1 is 1.19 bits per heavy atom. The molecule has 0 fully saturated rings. The van der Waals surface area contributed by atoms with Crippen LogP contribution < -0.4 is 20.3 Å². The number of pyridine rings is 1. The van der Waals surface area contributed by atoms with Gasteiger partial charge in [0.25, 0.3) is 0 Å². The van der Waals surface area contributed by atoms with E-state index in [2.05, 4.69) is 10.3 Å². The van der Waals surface area contributed by atoms with Gasteiger partial charge in [-0.2, -0.15) is 0 Å². The number of nitro groups is 1. The molecule has 0 spiro atoms. The summed E-state index contributed by atoms with van der Waals surface area (Å²) in [5.41, 5.74) is -1.01. The summed E-state index contributed by atoms with van der Waals surface area (Å²) in [6, 6.07) is 11.9. The van der Waals surface area contributed by atoms with Gasteiger partial charge in [-0.15, -0.1) is 0 Å². The van der Waals surface area contributed by atoms with Crippen molar-refractivity contribution in [1.29, 1.82) is 0 Å². The molecule has 3 rings (SSSR count). The number of ether oxygens (including phenoxy) is 2. The van der Waals surface area contributed by atoms with Crippen LogP contribution in [-0.4, -0.2) is 34.6 Å². The van der Waals surface area contributed by atoms with Crippen molar-refractivity contribution in [2.45, 2.75) is 0 Å². The Kier molecular flexibility index (Phi) is 4.97. The Balaban J connectivity index is 1.72. The lowest BCUT2D eigenvalue weighted by molar-refractivity contribution is -0.385. The number of anilines is 1. The minimum atomic E-state index is -0.737. The molecule has 0 radical (unpaired) electrons. The third-order valence-corrected chi connectivity index (χ3v) is 3.62. The van der Waals surface area contributed by atoms with E-state index in [1.54, 1.807) is 49.6 Å². The van der Waals surface area contributed by atoms with E-state index in [0.29, 0.717) is 17.1 Å². The van der Waals surface area contributed by atoms with Crippen molar-refractivity contribution >= 4 is 17.2 Å². The molecule has 1 N–H and O–H groups in total. The van der Waals surface area contributed by atoms with Crippen LogP contribution in [0.25, 0.3) is 5.65 Å². The number of methoxy groups -OCH3 is 1. The molecule has 0 aliphatic rings. The van der Waals surface area contributed by atoms with Crippen molar-refractivity contribution in [1.82, 2.24) is 9.38 Å². The van der Waals surface area contributed by atoms with Crippen molar-refractivity contribution in [2.24, 2.45) is 0 Å². The monoisotopic (exact) mass is 356 g/mol. The quantitative estimate of drug-likeness (QED) is 0.392. The number of nitrogens with zero attached hydrogens (tertiary/aromatic N) is 3. The molecule has 3 aromatic rings. The Hall–Kier alpha value is -3.62. The van der Waals surface area contributed by atoms with E-state index >= 15 is 0 Å². The molecular formula is C17H16N4O5. The van der Waals surface area contributed by atoms with Gasteiger partial charge in [0.05, 0.1) is 18.6 Å². The van der Waals surface area contributed by atoms with Crippen LogP contribution in [0.15, 0.2) is 53.5 Å². The number of fused-ring (bicyclic) bond motifs is 1. The van der Waals surface area contributed by atoms with Gasteiger partial charge in [0.1, 0.15) is 23.8 Å². The molecule has 0 saturated heterocycles. The molecule has 26 heavy (non-hydrogen) atoms. The van der Waals surface area contributed by atoms with Gasteiger partial charge in [0, 0.05) is 6.20 Å². The largest absolute Gasteiger partial charge is 0.497 e. The molecule has 0 bridgehead atoms. The highest BCUT2D eigenvalue weighted by Gasteiger charge is 2.23. The number of hydrogen-bond acceptors (Lipinski definition) is 7. The van der Waals surface area contributed by atoms with Crippen LogP contribution in [0.2, 0.25) is 0 Å². The second kappa shape index (κ2) is 7.51. The summed E-state index contributed by atoms with van der Waals surface area (Å²) in [5, 5.41) is 14.1. The Labute approximate surface area is 148 Å². The second-order valence-corrected chi connectivity index (χ2v) is 5.25. The van der Waals surface area contributed by atoms with Gasteiger partial charge in [0.2, 0.25) is 5.82 Å². The van der Waals surface area contributed by atoms with E-state index in [9.17, 15) is 14.9 Å². The number of benzene rings is 1. The number of hydrogen-bond donors (Lipinski definition) is 1. The van der Waals surface area contributed by atoms with Gasteiger partial charge in [-0.05, 0) is 36.4 Å². The molecule has 1 aromatic carbocycles. The fourth-order valence-electron chi connectivity index (χ4n) is 2.38. The normalized spacial score (nSPS) is 10.5. The van der Waals surface area contributed by atoms with Crippen LogP contribution in [0, 0.1) is 10.1 Å². The molecule has 0 saturated carbocycles. The lowest BCUT2D eigenvalue weighted by Gasteiger charge is -2.09. The molecule has 0 atom stereocenters. The third kappa shape index (κ3) is 3.56. The standard InChI is InChI=1S/C17H16N4O5/c1-25-12-5-7-13(8-6-12)26-11-9-18-16-15(21(23)24)17(22)20-10-3-2-4-14(20)19-16/h2-8,10,18H,9,11H2,1H3. The van der Waals surface area contributed by atoms with Crippen molar-refractivity contribution in [2.75, 3.05) is 25.6 Å². The number of rotatable bonds is 7. The highest BCUT2D eigenvalue weighted by Crippen LogP contribution is 2.19. The summed E-state index contributed by atoms with van der Waals surface area (Å²) in [4.78, 5) is 27.0. The maximum Gasteiger partial charge on any atom is 0.376 e. The zero-order chi connectivity index (χ0) is 18.5. The molecule has 2 aromatic heterocycles. The fraction of sp³-hybridized carbons (Fsp3) is 0.176. The lowest BCUT2D eigenvalue weighted by Crippen LogP contribution is -2.22. The first-order valence-corrected chi connectivity index (χ1v) is 7.76. The molecule has 0 aliphatic heterocycles. The average Bonchev–Trinajstić information content (AvgIpc) is 2.65. The Morgan fingerprint density at radius 2 is 1.92 bits per heavy atom. The fourth-order valence-corrected chi connectivity index (χ4v) is 2.38. The van der Waals surface area contributed by atoms with Gasteiger partial charge in [-0.1, -0.05) is 6.07 Å². The summed E-state index contributed by atoms with van der Waals surface area (Å²) in [6.07, 6.45) is 1.44. The lowest BCUT2D eigenvalue weighted by atomic mass is 10.3. The summed E-state index contributed by atoms with van der Waals surface area (Å²) in [6.45, 7) is 0.474. The van der Waals surface area contributed by atoms with Crippen molar-refractivity contribution in [3.63, 3.8) is 0 Å². The van der Waals surface area contributed by atoms with Crippen LogP contribution in [0.5, 0.6) is 11.5 Å². The zero-order valence-corrected chi connectivity index (χ0v) is 13.9. The van der Waals surface area contributed by atoms with Crippen molar-refractivity contribution in [3.05, 3.63) is 69.1 Å². The van der Waals surface area contributed by atoms with Crippen LogP contribution >= 0.6 is 0 Å². The van der Waals surface area contributed by atoms with E-state index in [1.165, 1.54) is 6.20 Å². The smallest absolute Gasteiger partial charge is 0.376 e. The van der Waals surface area contributed by atoms with Crippen LogP contribution in [0.3, 0.4) is 0 Å². The predicted octanol–water partition coefficient (Wildman–Crippen LogP) is 2.10. The molecule has 9 heteroatoms. The Bertz CT molecular complexity index is 985. The van der Waals surface area contributed by atoms with Crippen molar-refractivity contribution < 1.29 is 14.4 Å². The molecule has 134 valence electrons. The average molecular weight is 356 g/mol. The Morgan fingerprint density at radius 3 is 2.62 bits per heavy atom. The van der Waals surface area contributed by atoms with Gasteiger partial charge < -0.3 is 14.8 Å². The van der Waals surface area contributed by atoms with Crippen LogP contribution in [0.1, 0.15) is 0 Å². The van der Waals surface area contributed by atoms with E-state index in [4.69, 9.17) is 9.47 Å². The molecular weight excluding hydrogens is 340 g/mol. The molecule has 2 heterocycles. The first-order valence-electron chi connectivity index (χ1n) is 7.76. The number of aromatic nitrogens is 2. The van der Waals surface area contributed by atoms with Crippen LogP contribution in [0.4, 0.5) is 11.5 Å². The summed E-state index contributed by atoms with van der Waals surface area (Å²) in [7, 11) is 1.58.